The minimum Gasteiger partial charge on any atom is -0.269 e. The fraction of sp³-hybridized carbons (Fsp3) is 0.125. The number of fused-ring (bicyclic) bond motifs is 1. The van der Waals surface area contributed by atoms with Gasteiger partial charge in [-0.25, -0.2) is 4.68 Å². The molecule has 0 fully saturated rings. The van der Waals surface area contributed by atoms with Gasteiger partial charge in [-0.05, 0) is 23.6 Å². The van der Waals surface area contributed by atoms with Gasteiger partial charge in [-0.3, -0.25) is 19.8 Å². The molecule has 0 saturated carbocycles. The lowest BCUT2D eigenvalue weighted by Gasteiger charge is -2.39. The van der Waals surface area contributed by atoms with E-state index in [4.69, 9.17) is 0 Å². The standard InChI is InChI=1S/C24H19N5O3/c30-23(19-13-7-8-14-20(19)29(31)32)27-21(17-9-3-1-4-10-17)15-22(18-11-5-2-6-12-18)28-24(27)25-16-26-28/h1-14,16,21-22H,15H2/t21-,22-/m1/s1. The van der Waals surface area contributed by atoms with Crippen molar-refractivity contribution in [3.05, 3.63) is 118 Å². The van der Waals surface area contributed by atoms with Gasteiger partial charge >= 0.3 is 0 Å². The molecular formula is C24H19N5O3. The summed E-state index contributed by atoms with van der Waals surface area (Å²) < 4.78 is 1.72. The number of nitrogens with zero attached hydrogens (tertiary/aromatic N) is 5. The Morgan fingerprint density at radius 1 is 0.875 bits per heavy atom. The average molecular weight is 425 g/mol. The van der Waals surface area contributed by atoms with Crippen LogP contribution >= 0.6 is 0 Å². The first-order valence-corrected chi connectivity index (χ1v) is 10.2. The van der Waals surface area contributed by atoms with E-state index in [1.807, 2.05) is 60.7 Å². The first-order chi connectivity index (χ1) is 15.6. The minimum atomic E-state index is -0.536. The highest BCUT2D eigenvalue weighted by molar-refractivity contribution is 6.08. The summed E-state index contributed by atoms with van der Waals surface area (Å²) in [7, 11) is 0. The van der Waals surface area contributed by atoms with Crippen molar-refractivity contribution in [3.63, 3.8) is 0 Å². The van der Waals surface area contributed by atoms with Gasteiger partial charge in [0.25, 0.3) is 11.6 Å². The van der Waals surface area contributed by atoms with Crippen LogP contribution in [0.5, 0.6) is 0 Å². The molecule has 1 aliphatic rings. The van der Waals surface area contributed by atoms with Gasteiger partial charge in [-0.2, -0.15) is 10.1 Å². The summed E-state index contributed by atoms with van der Waals surface area (Å²) in [5.74, 6) is -0.117. The monoisotopic (exact) mass is 425 g/mol. The molecule has 4 aromatic rings. The average Bonchev–Trinajstić information content (AvgIpc) is 3.33. The molecule has 8 heteroatoms. The van der Waals surface area contributed by atoms with E-state index in [0.717, 1.165) is 11.1 Å². The third-order valence-electron chi connectivity index (χ3n) is 5.74. The maximum Gasteiger partial charge on any atom is 0.282 e. The number of carbonyl (C=O) groups is 1. The number of aromatic nitrogens is 3. The van der Waals surface area contributed by atoms with Gasteiger partial charge in [0, 0.05) is 6.07 Å². The van der Waals surface area contributed by atoms with Crippen LogP contribution in [0.15, 0.2) is 91.3 Å². The summed E-state index contributed by atoms with van der Waals surface area (Å²) in [5, 5.41) is 16.0. The number of rotatable bonds is 4. The predicted molar refractivity (Wildman–Crippen MR) is 118 cm³/mol. The van der Waals surface area contributed by atoms with E-state index < -0.39 is 10.8 Å². The van der Waals surface area contributed by atoms with Crippen molar-refractivity contribution in [1.82, 2.24) is 14.8 Å². The van der Waals surface area contributed by atoms with Crippen molar-refractivity contribution in [2.24, 2.45) is 0 Å². The highest BCUT2D eigenvalue weighted by Crippen LogP contribution is 2.42. The Kier molecular flexibility index (Phi) is 4.95. The highest BCUT2D eigenvalue weighted by Gasteiger charge is 2.41. The molecule has 32 heavy (non-hydrogen) atoms. The van der Waals surface area contributed by atoms with Crippen molar-refractivity contribution in [2.75, 3.05) is 4.90 Å². The summed E-state index contributed by atoms with van der Waals surface area (Å²) >= 11 is 0. The number of para-hydroxylation sites is 1. The first-order valence-electron chi connectivity index (χ1n) is 10.2. The van der Waals surface area contributed by atoms with Crippen LogP contribution in [0.25, 0.3) is 0 Å². The molecule has 2 heterocycles. The fourth-order valence-corrected chi connectivity index (χ4v) is 4.28. The van der Waals surface area contributed by atoms with E-state index in [0.29, 0.717) is 12.4 Å². The Labute approximate surface area is 183 Å². The molecule has 0 saturated heterocycles. The van der Waals surface area contributed by atoms with Crippen molar-refractivity contribution >= 4 is 17.5 Å². The zero-order valence-corrected chi connectivity index (χ0v) is 17.0. The topological polar surface area (TPSA) is 94.2 Å². The molecule has 0 bridgehead atoms. The molecule has 8 nitrogen and oxygen atoms in total. The number of amides is 1. The Morgan fingerprint density at radius 2 is 1.47 bits per heavy atom. The molecule has 0 radical (unpaired) electrons. The lowest BCUT2D eigenvalue weighted by molar-refractivity contribution is -0.385. The van der Waals surface area contributed by atoms with Crippen LogP contribution in [0.3, 0.4) is 0 Å². The summed E-state index contributed by atoms with van der Waals surface area (Å²) in [4.78, 5) is 30.7. The Morgan fingerprint density at radius 3 is 2.12 bits per heavy atom. The largest absolute Gasteiger partial charge is 0.282 e. The third kappa shape index (κ3) is 3.31. The molecule has 0 N–H and O–H groups in total. The van der Waals surface area contributed by atoms with E-state index in [1.165, 1.54) is 23.4 Å². The third-order valence-corrected chi connectivity index (χ3v) is 5.74. The van der Waals surface area contributed by atoms with Crippen LogP contribution in [-0.2, 0) is 0 Å². The summed E-state index contributed by atoms with van der Waals surface area (Å²) in [6, 6.07) is 25.1. The number of anilines is 1. The number of hydrogen-bond donors (Lipinski definition) is 0. The molecule has 1 amide bonds. The van der Waals surface area contributed by atoms with Crippen LogP contribution in [0.1, 0.15) is 40.0 Å². The second kappa shape index (κ2) is 8.07. The minimum absolute atomic E-state index is 0.0196. The number of nitro groups is 1. The SMILES string of the molecule is O=C(c1ccccc1[N+](=O)[O-])N1c2ncnn2[C@@H](c2ccccc2)C[C@@H]1c1ccccc1. The molecule has 0 spiro atoms. The lowest BCUT2D eigenvalue weighted by atomic mass is 9.91. The van der Waals surface area contributed by atoms with Crippen molar-refractivity contribution < 1.29 is 9.72 Å². The van der Waals surface area contributed by atoms with Gasteiger partial charge in [0.05, 0.1) is 17.0 Å². The molecule has 158 valence electrons. The van der Waals surface area contributed by atoms with Gasteiger partial charge < -0.3 is 0 Å². The molecule has 5 rings (SSSR count). The van der Waals surface area contributed by atoms with E-state index in [2.05, 4.69) is 10.1 Å². The number of carbonyl (C=O) groups excluding carboxylic acids is 1. The number of nitro benzene ring substituents is 1. The molecule has 1 aromatic heterocycles. The summed E-state index contributed by atoms with van der Waals surface area (Å²) in [6.07, 6.45) is 1.97. The Hall–Kier alpha value is -4.33. The van der Waals surface area contributed by atoms with E-state index in [-0.39, 0.29) is 23.3 Å². The zero-order chi connectivity index (χ0) is 22.1. The summed E-state index contributed by atoms with van der Waals surface area (Å²) in [6.45, 7) is 0. The second-order valence-corrected chi connectivity index (χ2v) is 7.54. The van der Waals surface area contributed by atoms with Crippen LogP contribution in [0.4, 0.5) is 11.6 Å². The van der Waals surface area contributed by atoms with E-state index in [9.17, 15) is 14.9 Å². The quantitative estimate of drug-likeness (QED) is 0.353. The number of hydrogen-bond acceptors (Lipinski definition) is 5. The molecule has 2 atom stereocenters. The van der Waals surface area contributed by atoms with Crippen LogP contribution in [0, 0.1) is 10.1 Å². The van der Waals surface area contributed by atoms with Gasteiger partial charge in [0.2, 0.25) is 5.95 Å². The molecule has 1 aliphatic heterocycles. The van der Waals surface area contributed by atoms with Gasteiger partial charge in [0.15, 0.2) is 0 Å². The predicted octanol–water partition coefficient (Wildman–Crippen LogP) is 4.57. The van der Waals surface area contributed by atoms with Crippen molar-refractivity contribution in [2.45, 2.75) is 18.5 Å². The van der Waals surface area contributed by atoms with Crippen molar-refractivity contribution in [3.8, 4) is 0 Å². The van der Waals surface area contributed by atoms with Gasteiger partial charge in [0.1, 0.15) is 11.9 Å². The highest BCUT2D eigenvalue weighted by atomic mass is 16.6. The van der Waals surface area contributed by atoms with E-state index >= 15 is 0 Å². The van der Waals surface area contributed by atoms with E-state index in [1.54, 1.807) is 16.8 Å². The molecule has 0 aliphatic carbocycles. The number of benzene rings is 3. The smallest absolute Gasteiger partial charge is 0.269 e. The van der Waals surface area contributed by atoms with Crippen molar-refractivity contribution in [1.29, 1.82) is 0 Å². The summed E-state index contributed by atoms with van der Waals surface area (Å²) in [5.41, 5.74) is 1.76. The van der Waals surface area contributed by atoms with Crippen LogP contribution in [0.2, 0.25) is 0 Å². The van der Waals surface area contributed by atoms with Gasteiger partial charge in [-0.1, -0.05) is 72.8 Å². The normalized spacial score (nSPS) is 17.6. The molecule has 0 unspecified atom stereocenters. The molecular weight excluding hydrogens is 406 g/mol. The van der Waals surface area contributed by atoms with Gasteiger partial charge in [-0.15, -0.1) is 0 Å². The van der Waals surface area contributed by atoms with Crippen LogP contribution in [-0.4, -0.2) is 25.6 Å². The first kappa shape index (κ1) is 19.6. The Balaban J connectivity index is 1.67. The fourth-order valence-electron chi connectivity index (χ4n) is 4.28. The zero-order valence-electron chi connectivity index (χ0n) is 17.0. The Bertz CT molecular complexity index is 1270. The lowest BCUT2D eigenvalue weighted by Crippen LogP contribution is -2.42. The maximum absolute atomic E-state index is 13.8. The molecule has 3 aromatic carbocycles. The van der Waals surface area contributed by atoms with Crippen LogP contribution < -0.4 is 4.90 Å². The second-order valence-electron chi connectivity index (χ2n) is 7.54. The maximum atomic E-state index is 13.8.